The lowest BCUT2D eigenvalue weighted by atomic mass is 10.4. The van der Waals surface area contributed by atoms with Gasteiger partial charge in [0.05, 0.1) is 6.61 Å². The summed E-state index contributed by atoms with van der Waals surface area (Å²) in [6, 6.07) is 0. The van der Waals surface area contributed by atoms with Gasteiger partial charge in [-0.1, -0.05) is 6.58 Å². The Morgan fingerprint density at radius 3 is 2.46 bits per heavy atom. The van der Waals surface area contributed by atoms with Gasteiger partial charge in [-0.05, 0) is 0 Å². The van der Waals surface area contributed by atoms with Crippen molar-refractivity contribution in [2.75, 3.05) is 20.8 Å². The van der Waals surface area contributed by atoms with Gasteiger partial charge >= 0.3 is 5.97 Å². The quantitative estimate of drug-likeness (QED) is 0.267. The molecule has 0 N–H and O–H groups in total. The maximum Gasteiger partial charge on any atom is 0.330 e. The highest BCUT2D eigenvalue weighted by Crippen LogP contribution is 2.10. The fraction of sp³-hybridized carbons (Fsp3) is 0.625. The van der Waals surface area contributed by atoms with Gasteiger partial charge < -0.3 is 14.2 Å². The van der Waals surface area contributed by atoms with E-state index in [1.165, 1.54) is 14.2 Å². The van der Waals surface area contributed by atoms with E-state index in [-0.39, 0.29) is 6.61 Å². The average molecular weight is 201 g/mol. The van der Waals surface area contributed by atoms with Gasteiger partial charge in [0.1, 0.15) is 15.7 Å². The molecule has 0 fully saturated rings. The topological polar surface area (TPSA) is 44.8 Å². The van der Waals surface area contributed by atoms with E-state index in [0.717, 1.165) is 6.08 Å². The molecular weight excluding hydrogens is 188 g/mol. The summed E-state index contributed by atoms with van der Waals surface area (Å²) in [6.07, 6.45) is 1.51. The van der Waals surface area contributed by atoms with Gasteiger partial charge in [-0.15, -0.1) is 0 Å². The van der Waals surface area contributed by atoms with Gasteiger partial charge in [0, 0.05) is 26.7 Å². The minimum atomic E-state index is -0.887. The molecule has 0 unspecified atom stereocenters. The maximum atomic E-state index is 10.6. The standard InChI is InChI=1S/C8H13O4Si/c1-4-7(9)12-6-5-8(13,10-2)11-3/h4H,1,5-6H2,2-3H3. The highest BCUT2D eigenvalue weighted by molar-refractivity contribution is 6.13. The minimum absolute atomic E-state index is 0.204. The largest absolute Gasteiger partial charge is 0.462 e. The van der Waals surface area contributed by atoms with E-state index in [1.54, 1.807) is 0 Å². The molecule has 0 heterocycles. The van der Waals surface area contributed by atoms with E-state index in [1.807, 2.05) is 0 Å². The number of hydrogen-bond donors (Lipinski definition) is 0. The molecule has 0 aliphatic carbocycles. The molecule has 0 saturated heterocycles. The number of esters is 1. The molecule has 4 nitrogen and oxygen atoms in total. The Labute approximate surface area is 81.3 Å². The SMILES string of the molecule is C=CC(=O)OCCC([Si])(OC)OC. The van der Waals surface area contributed by atoms with E-state index >= 15 is 0 Å². The lowest BCUT2D eigenvalue weighted by Crippen LogP contribution is -2.35. The van der Waals surface area contributed by atoms with Crippen LogP contribution in [0.25, 0.3) is 0 Å². The number of methoxy groups -OCH3 is 2. The smallest absolute Gasteiger partial charge is 0.330 e. The van der Waals surface area contributed by atoms with Crippen molar-refractivity contribution in [2.24, 2.45) is 0 Å². The third kappa shape index (κ3) is 4.82. The van der Waals surface area contributed by atoms with Crippen LogP contribution in [0, 0.1) is 0 Å². The molecule has 0 bridgehead atoms. The molecule has 13 heavy (non-hydrogen) atoms. The molecule has 0 spiro atoms. The Bertz CT molecular complexity index is 177. The summed E-state index contributed by atoms with van der Waals surface area (Å²) >= 11 is 0. The second-order valence-electron chi connectivity index (χ2n) is 2.28. The van der Waals surface area contributed by atoms with Crippen LogP contribution in [0.2, 0.25) is 0 Å². The van der Waals surface area contributed by atoms with Crippen molar-refractivity contribution in [2.45, 2.75) is 11.8 Å². The molecule has 0 amide bonds. The van der Waals surface area contributed by atoms with Crippen molar-refractivity contribution in [1.82, 2.24) is 0 Å². The van der Waals surface area contributed by atoms with Crippen LogP contribution in [-0.2, 0) is 19.0 Å². The third-order valence-electron chi connectivity index (χ3n) is 1.50. The molecule has 0 aliphatic rings. The van der Waals surface area contributed by atoms with Crippen LogP contribution in [0.5, 0.6) is 0 Å². The van der Waals surface area contributed by atoms with E-state index < -0.39 is 11.4 Å². The third-order valence-corrected chi connectivity index (χ3v) is 2.16. The lowest BCUT2D eigenvalue weighted by Gasteiger charge is -2.25. The van der Waals surface area contributed by atoms with Crippen molar-refractivity contribution >= 4 is 16.2 Å². The van der Waals surface area contributed by atoms with Gasteiger partial charge in [0.15, 0.2) is 0 Å². The van der Waals surface area contributed by atoms with Crippen LogP contribution in [0.15, 0.2) is 12.7 Å². The zero-order chi connectivity index (χ0) is 10.3. The van der Waals surface area contributed by atoms with Crippen molar-refractivity contribution < 1.29 is 19.0 Å². The highest BCUT2D eigenvalue weighted by Gasteiger charge is 2.22. The Morgan fingerprint density at radius 2 is 2.08 bits per heavy atom. The number of hydrogen-bond acceptors (Lipinski definition) is 4. The van der Waals surface area contributed by atoms with Crippen molar-refractivity contribution in [3.63, 3.8) is 0 Å². The molecule has 0 aliphatic heterocycles. The number of carbonyl (C=O) groups is 1. The Hall–Kier alpha value is -0.653. The summed E-state index contributed by atoms with van der Waals surface area (Å²) in [5.41, 5.74) is -0.887. The molecule has 5 heteroatoms. The molecule has 0 saturated carbocycles. The minimum Gasteiger partial charge on any atom is -0.462 e. The molecule has 73 valence electrons. The Kier molecular flexibility index (Phi) is 5.61. The van der Waals surface area contributed by atoms with E-state index in [9.17, 15) is 4.79 Å². The van der Waals surface area contributed by atoms with Crippen LogP contribution in [0.3, 0.4) is 0 Å². The number of rotatable bonds is 6. The molecule has 0 aromatic carbocycles. The second-order valence-corrected chi connectivity index (χ2v) is 3.04. The maximum absolute atomic E-state index is 10.6. The zero-order valence-corrected chi connectivity index (χ0v) is 8.83. The van der Waals surface area contributed by atoms with Gasteiger partial charge in [-0.2, -0.15) is 0 Å². The first kappa shape index (κ1) is 12.3. The first-order valence-electron chi connectivity index (χ1n) is 3.72. The predicted molar refractivity (Wildman–Crippen MR) is 48.3 cm³/mol. The summed E-state index contributed by atoms with van der Waals surface area (Å²) in [5.74, 6) is -0.457. The van der Waals surface area contributed by atoms with Crippen LogP contribution in [-0.4, -0.2) is 42.4 Å². The Morgan fingerprint density at radius 1 is 1.54 bits per heavy atom. The van der Waals surface area contributed by atoms with Crippen molar-refractivity contribution in [1.29, 1.82) is 0 Å². The molecule has 0 aromatic heterocycles. The normalized spacial score (nSPS) is 11.0. The first-order valence-corrected chi connectivity index (χ1v) is 4.22. The van der Waals surface area contributed by atoms with E-state index in [4.69, 9.17) is 14.2 Å². The van der Waals surface area contributed by atoms with Crippen molar-refractivity contribution in [3.8, 4) is 0 Å². The lowest BCUT2D eigenvalue weighted by molar-refractivity contribution is -0.159. The fourth-order valence-corrected chi connectivity index (χ4v) is 0.734. The zero-order valence-electron chi connectivity index (χ0n) is 7.83. The molecule has 0 atom stereocenters. The van der Waals surface area contributed by atoms with Gasteiger partial charge in [0.25, 0.3) is 0 Å². The molecule has 0 aromatic rings. The van der Waals surface area contributed by atoms with E-state index in [0.29, 0.717) is 6.42 Å². The summed E-state index contributed by atoms with van der Waals surface area (Å²) < 4.78 is 14.7. The van der Waals surface area contributed by atoms with Crippen molar-refractivity contribution in [3.05, 3.63) is 12.7 Å². The molecular formula is C8H13O4Si. The summed E-state index contributed by atoms with van der Waals surface area (Å²) in [4.78, 5) is 10.6. The van der Waals surface area contributed by atoms with Gasteiger partial charge in [-0.3, -0.25) is 0 Å². The summed E-state index contributed by atoms with van der Waals surface area (Å²) in [6.45, 7) is 3.47. The molecule has 0 rings (SSSR count). The molecule has 3 radical (unpaired) electrons. The van der Waals surface area contributed by atoms with Gasteiger partial charge in [-0.25, -0.2) is 4.79 Å². The predicted octanol–water partition coefficient (Wildman–Crippen LogP) is 0.221. The number of carbonyl (C=O) groups excluding carboxylic acids is 1. The number of ether oxygens (including phenoxy) is 3. The average Bonchev–Trinajstić information content (AvgIpc) is 2.17. The monoisotopic (exact) mass is 201 g/mol. The van der Waals surface area contributed by atoms with Gasteiger partial charge in [0.2, 0.25) is 0 Å². The second kappa shape index (κ2) is 5.90. The van der Waals surface area contributed by atoms with Crippen LogP contribution in [0.4, 0.5) is 0 Å². The van der Waals surface area contributed by atoms with Crippen LogP contribution in [0.1, 0.15) is 6.42 Å². The fourth-order valence-electron chi connectivity index (χ4n) is 0.632. The van der Waals surface area contributed by atoms with Crippen LogP contribution < -0.4 is 0 Å². The first-order chi connectivity index (χ1) is 6.08. The Balaban J connectivity index is 3.73. The van der Waals surface area contributed by atoms with E-state index in [2.05, 4.69) is 16.8 Å². The summed E-state index contributed by atoms with van der Waals surface area (Å²) in [5, 5.41) is 0. The van der Waals surface area contributed by atoms with Crippen LogP contribution >= 0.6 is 0 Å². The summed E-state index contributed by atoms with van der Waals surface area (Å²) in [7, 11) is 6.23. The highest BCUT2D eigenvalue weighted by atomic mass is 28.1.